The zero-order valence-electron chi connectivity index (χ0n) is 11.4. The van der Waals surface area contributed by atoms with E-state index in [1.165, 1.54) is 11.1 Å². The third-order valence-electron chi connectivity index (χ3n) is 3.32. The highest BCUT2D eigenvalue weighted by Crippen LogP contribution is 2.22. The minimum atomic E-state index is -0.339. The van der Waals surface area contributed by atoms with Gasteiger partial charge in [-0.25, -0.2) is 0 Å². The van der Waals surface area contributed by atoms with E-state index in [0.717, 1.165) is 6.42 Å². The summed E-state index contributed by atoms with van der Waals surface area (Å²) in [5.41, 5.74) is 2.13. The zero-order chi connectivity index (χ0) is 13.0. The van der Waals surface area contributed by atoms with E-state index in [0.29, 0.717) is 19.8 Å². The molecule has 3 nitrogen and oxygen atoms in total. The molecule has 0 saturated carbocycles. The molecule has 0 amide bonds. The van der Waals surface area contributed by atoms with Gasteiger partial charge in [-0.2, -0.15) is 0 Å². The predicted molar refractivity (Wildman–Crippen MR) is 70.4 cm³/mol. The van der Waals surface area contributed by atoms with Crippen LogP contribution in [-0.2, 0) is 20.8 Å². The molecule has 1 heterocycles. The first-order valence-electron chi connectivity index (χ1n) is 6.54. The van der Waals surface area contributed by atoms with Crippen molar-refractivity contribution in [2.75, 3.05) is 13.2 Å². The van der Waals surface area contributed by atoms with Crippen molar-refractivity contribution in [1.29, 1.82) is 0 Å². The van der Waals surface area contributed by atoms with Gasteiger partial charge >= 0.3 is 0 Å². The van der Waals surface area contributed by atoms with Crippen molar-refractivity contribution in [3.05, 3.63) is 35.4 Å². The first-order valence-corrected chi connectivity index (χ1v) is 6.54. The number of rotatable bonds is 4. The van der Waals surface area contributed by atoms with Gasteiger partial charge in [-0.15, -0.1) is 0 Å². The lowest BCUT2D eigenvalue weighted by atomic mass is 10.1. The maximum atomic E-state index is 5.98. The van der Waals surface area contributed by atoms with Crippen LogP contribution >= 0.6 is 0 Å². The van der Waals surface area contributed by atoms with Crippen molar-refractivity contribution >= 4 is 0 Å². The minimum absolute atomic E-state index is 0.0693. The van der Waals surface area contributed by atoms with Crippen LogP contribution in [0.3, 0.4) is 0 Å². The minimum Gasteiger partial charge on any atom is -0.366 e. The monoisotopic (exact) mass is 250 g/mol. The summed E-state index contributed by atoms with van der Waals surface area (Å²) < 4.78 is 17.2. The maximum Gasteiger partial charge on any atom is 0.157 e. The lowest BCUT2D eigenvalue weighted by Crippen LogP contribution is -2.46. The average molecular weight is 250 g/mol. The van der Waals surface area contributed by atoms with E-state index in [1.807, 2.05) is 19.1 Å². The second-order valence-corrected chi connectivity index (χ2v) is 5.12. The quantitative estimate of drug-likeness (QED) is 0.822. The molecule has 18 heavy (non-hydrogen) atoms. The molecule has 1 aromatic carbocycles. The first-order chi connectivity index (χ1) is 8.63. The molecule has 0 atom stereocenters. The number of hydrogen-bond donors (Lipinski definition) is 0. The summed E-state index contributed by atoms with van der Waals surface area (Å²) in [6.07, 6.45) is 0.813. The normalized spacial score (nSPS) is 28.3. The van der Waals surface area contributed by atoms with E-state index in [1.54, 1.807) is 0 Å². The van der Waals surface area contributed by atoms with E-state index >= 15 is 0 Å². The molecule has 1 fully saturated rings. The number of benzene rings is 1. The van der Waals surface area contributed by atoms with Crippen LogP contribution in [0.15, 0.2) is 24.3 Å². The highest BCUT2D eigenvalue weighted by Gasteiger charge is 2.33. The summed E-state index contributed by atoms with van der Waals surface area (Å²) in [6.45, 7) is 7.99. The fourth-order valence-electron chi connectivity index (χ4n) is 1.97. The van der Waals surface area contributed by atoms with Crippen LogP contribution in [0.5, 0.6) is 0 Å². The Labute approximate surface area is 109 Å². The fourth-order valence-corrected chi connectivity index (χ4v) is 1.97. The molecule has 0 unspecified atom stereocenters. The summed E-state index contributed by atoms with van der Waals surface area (Å²) in [5, 5.41) is 0. The Hall–Kier alpha value is -0.900. The Morgan fingerprint density at radius 2 is 1.94 bits per heavy atom. The number of aryl methyl sites for hydroxylation is 1. The van der Waals surface area contributed by atoms with Gasteiger partial charge in [0.15, 0.2) is 6.29 Å². The second-order valence-electron chi connectivity index (χ2n) is 5.12. The van der Waals surface area contributed by atoms with Gasteiger partial charge in [0.1, 0.15) is 5.60 Å². The summed E-state index contributed by atoms with van der Waals surface area (Å²) in [6, 6.07) is 8.27. The molecule has 0 spiro atoms. The van der Waals surface area contributed by atoms with Gasteiger partial charge in [0.2, 0.25) is 0 Å². The molecule has 0 radical (unpaired) electrons. The Morgan fingerprint density at radius 1 is 1.28 bits per heavy atom. The van der Waals surface area contributed by atoms with Gasteiger partial charge in [-0.05, 0) is 31.4 Å². The van der Waals surface area contributed by atoms with Crippen LogP contribution in [0, 0.1) is 6.92 Å². The fraction of sp³-hybridized carbons (Fsp3) is 0.600. The van der Waals surface area contributed by atoms with Crippen molar-refractivity contribution in [2.45, 2.75) is 45.7 Å². The molecule has 1 aliphatic heterocycles. The Balaban J connectivity index is 1.88. The third-order valence-corrected chi connectivity index (χ3v) is 3.32. The van der Waals surface area contributed by atoms with Gasteiger partial charge in [0.05, 0.1) is 19.8 Å². The molecular weight excluding hydrogens is 228 g/mol. The van der Waals surface area contributed by atoms with Gasteiger partial charge < -0.3 is 14.2 Å². The van der Waals surface area contributed by atoms with Gasteiger partial charge in [-0.3, -0.25) is 0 Å². The van der Waals surface area contributed by atoms with Crippen molar-refractivity contribution in [1.82, 2.24) is 0 Å². The molecule has 2 rings (SSSR count). The Bertz CT molecular complexity index is 381. The van der Waals surface area contributed by atoms with Crippen molar-refractivity contribution in [2.24, 2.45) is 0 Å². The van der Waals surface area contributed by atoms with Crippen molar-refractivity contribution in [3.8, 4) is 0 Å². The van der Waals surface area contributed by atoms with Crippen molar-refractivity contribution in [3.63, 3.8) is 0 Å². The maximum absolute atomic E-state index is 5.98. The second kappa shape index (κ2) is 5.83. The van der Waals surface area contributed by atoms with Crippen LogP contribution in [0.2, 0.25) is 0 Å². The predicted octanol–water partition coefficient (Wildman–Crippen LogP) is 3.05. The van der Waals surface area contributed by atoms with E-state index in [-0.39, 0.29) is 11.9 Å². The SMILES string of the molecule is CCC1OCC(C)(OCc2ccccc2C)CO1. The van der Waals surface area contributed by atoms with E-state index < -0.39 is 0 Å². The molecule has 3 heteroatoms. The number of ether oxygens (including phenoxy) is 3. The molecular formula is C15H22O3. The largest absolute Gasteiger partial charge is 0.366 e. The van der Waals surface area contributed by atoms with Crippen molar-refractivity contribution < 1.29 is 14.2 Å². The molecule has 0 bridgehead atoms. The number of hydrogen-bond acceptors (Lipinski definition) is 3. The first kappa shape index (κ1) is 13.5. The van der Waals surface area contributed by atoms with Crippen LogP contribution < -0.4 is 0 Å². The summed E-state index contributed by atoms with van der Waals surface area (Å²) in [4.78, 5) is 0. The van der Waals surface area contributed by atoms with Crippen LogP contribution in [0.4, 0.5) is 0 Å². The zero-order valence-corrected chi connectivity index (χ0v) is 11.4. The lowest BCUT2D eigenvalue weighted by molar-refractivity contribution is -0.263. The van der Waals surface area contributed by atoms with E-state index in [2.05, 4.69) is 26.0 Å². The van der Waals surface area contributed by atoms with Gasteiger partial charge in [0.25, 0.3) is 0 Å². The van der Waals surface area contributed by atoms with E-state index in [4.69, 9.17) is 14.2 Å². The summed E-state index contributed by atoms with van der Waals surface area (Å²) in [7, 11) is 0. The van der Waals surface area contributed by atoms with Crippen LogP contribution in [-0.4, -0.2) is 25.1 Å². The lowest BCUT2D eigenvalue weighted by Gasteiger charge is -2.37. The molecule has 0 N–H and O–H groups in total. The van der Waals surface area contributed by atoms with E-state index in [9.17, 15) is 0 Å². The topological polar surface area (TPSA) is 27.7 Å². The Morgan fingerprint density at radius 3 is 2.56 bits per heavy atom. The van der Waals surface area contributed by atoms with Gasteiger partial charge in [0, 0.05) is 0 Å². The molecule has 0 aromatic heterocycles. The summed E-state index contributed by atoms with van der Waals surface area (Å²) in [5.74, 6) is 0. The van der Waals surface area contributed by atoms with Crippen LogP contribution in [0.25, 0.3) is 0 Å². The Kier molecular flexibility index (Phi) is 4.38. The van der Waals surface area contributed by atoms with Gasteiger partial charge in [-0.1, -0.05) is 31.2 Å². The molecule has 1 saturated heterocycles. The average Bonchev–Trinajstić information content (AvgIpc) is 2.39. The van der Waals surface area contributed by atoms with Crippen LogP contribution in [0.1, 0.15) is 31.4 Å². The standard InChI is InChI=1S/C15H22O3/c1-4-14-16-10-15(3,11-17-14)18-9-13-8-6-5-7-12(13)2/h5-8,14H,4,9-11H2,1-3H3. The highest BCUT2D eigenvalue weighted by molar-refractivity contribution is 5.24. The molecule has 100 valence electrons. The molecule has 1 aromatic rings. The highest BCUT2D eigenvalue weighted by atomic mass is 16.7. The third kappa shape index (κ3) is 3.31. The molecule has 1 aliphatic rings. The molecule has 0 aliphatic carbocycles. The summed E-state index contributed by atoms with van der Waals surface area (Å²) >= 11 is 0. The smallest absolute Gasteiger partial charge is 0.157 e.